The first-order valence-electron chi connectivity index (χ1n) is 4.93. The molecule has 1 amide bonds. The van der Waals surface area contributed by atoms with Crippen LogP contribution in [0.3, 0.4) is 0 Å². The summed E-state index contributed by atoms with van der Waals surface area (Å²) in [5, 5.41) is 10.8. The van der Waals surface area contributed by atoms with Gasteiger partial charge in [0.05, 0.1) is 0 Å². The second-order valence-electron chi connectivity index (χ2n) is 2.87. The van der Waals surface area contributed by atoms with Gasteiger partial charge in [-0.3, -0.25) is 4.79 Å². The van der Waals surface area contributed by atoms with E-state index in [9.17, 15) is 9.59 Å². The van der Waals surface area contributed by atoms with Crippen LogP contribution in [0.2, 0.25) is 6.04 Å². The van der Waals surface area contributed by atoms with Crippen molar-refractivity contribution < 1.29 is 19.1 Å². The van der Waals surface area contributed by atoms with Gasteiger partial charge in [0, 0.05) is 25.3 Å². The first-order chi connectivity index (χ1) is 7.16. The third-order valence-electron chi connectivity index (χ3n) is 1.60. The van der Waals surface area contributed by atoms with Crippen LogP contribution in [-0.2, 0) is 14.0 Å². The van der Waals surface area contributed by atoms with Crippen molar-refractivity contribution in [1.29, 1.82) is 0 Å². The lowest BCUT2D eigenvalue weighted by Gasteiger charge is -2.01. The summed E-state index contributed by atoms with van der Waals surface area (Å²) in [6.45, 7) is 3.30. The van der Waals surface area contributed by atoms with Crippen LogP contribution >= 0.6 is 0 Å². The van der Waals surface area contributed by atoms with Gasteiger partial charge < -0.3 is 14.8 Å². The molecule has 0 bridgehead atoms. The average Bonchev–Trinajstić information content (AvgIpc) is 2.20. The van der Waals surface area contributed by atoms with Crippen LogP contribution in [0.4, 0.5) is 0 Å². The van der Waals surface area contributed by atoms with Crippen molar-refractivity contribution in [2.45, 2.75) is 19.4 Å². The Morgan fingerprint density at radius 3 is 2.80 bits per heavy atom. The number of hydrogen-bond donors (Lipinski definition) is 2. The fraction of sp³-hybridized carbons (Fsp3) is 0.556. The molecule has 0 aromatic carbocycles. The van der Waals surface area contributed by atoms with E-state index in [1.807, 2.05) is 6.92 Å². The number of carbonyl (C=O) groups excluding carboxylic acids is 1. The largest absolute Gasteiger partial charge is 0.478 e. The molecule has 86 valence electrons. The Hall–Kier alpha value is -1.14. The van der Waals surface area contributed by atoms with Crippen LogP contribution in [0.1, 0.15) is 13.3 Å². The van der Waals surface area contributed by atoms with E-state index in [0.29, 0.717) is 6.54 Å². The zero-order valence-corrected chi connectivity index (χ0v) is 10.3. The Morgan fingerprint density at radius 2 is 2.20 bits per heavy atom. The zero-order valence-electron chi connectivity index (χ0n) is 8.86. The highest BCUT2D eigenvalue weighted by molar-refractivity contribution is 6.26. The number of hydrogen-bond acceptors (Lipinski definition) is 3. The first-order valence-corrected chi connectivity index (χ1v) is 6.51. The summed E-state index contributed by atoms with van der Waals surface area (Å²) in [4.78, 5) is 21.0. The standard InChI is InChI=1S/C9H17NO4Si/c1-2-14-15-7-3-6-10-8(11)4-5-9(12)13/h4-5H,2-3,6-7,15H2,1H3,(H,10,11)(H,12,13). The van der Waals surface area contributed by atoms with Crippen LogP contribution in [0.5, 0.6) is 0 Å². The SMILES string of the molecule is CCO[SiH2]CCCNC(=O)C=CC(=O)O. The van der Waals surface area contributed by atoms with Crippen molar-refractivity contribution in [1.82, 2.24) is 5.32 Å². The second kappa shape index (κ2) is 9.41. The summed E-state index contributed by atoms with van der Waals surface area (Å²) >= 11 is 0. The maximum absolute atomic E-state index is 11.0. The zero-order chi connectivity index (χ0) is 11.5. The molecule has 0 aliphatic carbocycles. The smallest absolute Gasteiger partial charge is 0.328 e. The van der Waals surface area contributed by atoms with E-state index < -0.39 is 15.7 Å². The third kappa shape index (κ3) is 10.8. The van der Waals surface area contributed by atoms with E-state index >= 15 is 0 Å². The maximum Gasteiger partial charge on any atom is 0.328 e. The van der Waals surface area contributed by atoms with Crippen molar-refractivity contribution in [3.8, 4) is 0 Å². The van der Waals surface area contributed by atoms with Gasteiger partial charge in [-0.1, -0.05) is 0 Å². The van der Waals surface area contributed by atoms with Crippen molar-refractivity contribution in [2.75, 3.05) is 13.2 Å². The number of carboxylic acids is 1. The Balaban J connectivity index is 3.35. The van der Waals surface area contributed by atoms with Crippen LogP contribution in [0.15, 0.2) is 12.2 Å². The highest BCUT2D eigenvalue weighted by atomic mass is 28.2. The fourth-order valence-corrected chi connectivity index (χ4v) is 1.84. The minimum Gasteiger partial charge on any atom is -0.478 e. The van der Waals surface area contributed by atoms with E-state index in [0.717, 1.165) is 31.2 Å². The summed E-state index contributed by atoms with van der Waals surface area (Å²) in [7, 11) is -0.421. The number of carbonyl (C=O) groups is 2. The Bertz CT molecular complexity index is 230. The Labute approximate surface area is 91.4 Å². The molecule has 0 rings (SSSR count). The van der Waals surface area contributed by atoms with Crippen LogP contribution in [0, 0.1) is 0 Å². The summed E-state index contributed by atoms with van der Waals surface area (Å²) in [5.41, 5.74) is 0. The minimum atomic E-state index is -1.12. The molecule has 0 fully saturated rings. The lowest BCUT2D eigenvalue weighted by atomic mass is 10.4. The molecule has 0 saturated carbocycles. The molecule has 0 aromatic heterocycles. The molecule has 0 aromatic rings. The van der Waals surface area contributed by atoms with Gasteiger partial charge in [0.1, 0.15) is 0 Å². The Kier molecular flexibility index (Phi) is 8.70. The van der Waals surface area contributed by atoms with Crippen molar-refractivity contribution in [3.05, 3.63) is 12.2 Å². The number of rotatable bonds is 8. The highest BCUT2D eigenvalue weighted by Gasteiger charge is 1.96. The number of nitrogens with one attached hydrogen (secondary N) is 1. The predicted octanol–water partition coefficient (Wildman–Crippen LogP) is -0.328. The molecular formula is C9H17NO4Si. The van der Waals surface area contributed by atoms with E-state index in [-0.39, 0.29) is 5.91 Å². The summed E-state index contributed by atoms with van der Waals surface area (Å²) in [6, 6.07) is 1.02. The topological polar surface area (TPSA) is 75.6 Å². The predicted molar refractivity (Wildman–Crippen MR) is 59.4 cm³/mol. The van der Waals surface area contributed by atoms with E-state index in [4.69, 9.17) is 9.53 Å². The van der Waals surface area contributed by atoms with Gasteiger partial charge in [-0.25, -0.2) is 4.79 Å². The number of amides is 1. The van der Waals surface area contributed by atoms with Gasteiger partial charge in [-0.2, -0.15) is 0 Å². The molecule has 0 radical (unpaired) electrons. The summed E-state index contributed by atoms with van der Waals surface area (Å²) in [6.07, 6.45) is 2.73. The molecule has 0 aliphatic rings. The second-order valence-corrected chi connectivity index (χ2v) is 4.39. The quantitative estimate of drug-likeness (QED) is 0.341. The summed E-state index contributed by atoms with van der Waals surface area (Å²) in [5.74, 6) is -1.48. The van der Waals surface area contributed by atoms with Crippen LogP contribution in [-0.4, -0.2) is 39.9 Å². The monoisotopic (exact) mass is 231 g/mol. The molecule has 0 saturated heterocycles. The molecule has 0 spiro atoms. The molecule has 0 heterocycles. The van der Waals surface area contributed by atoms with Crippen molar-refractivity contribution >= 4 is 21.6 Å². The fourth-order valence-electron chi connectivity index (χ4n) is 0.891. The van der Waals surface area contributed by atoms with E-state index in [1.165, 1.54) is 0 Å². The molecule has 15 heavy (non-hydrogen) atoms. The van der Waals surface area contributed by atoms with Gasteiger partial charge in [-0.05, 0) is 19.4 Å². The van der Waals surface area contributed by atoms with Gasteiger partial charge >= 0.3 is 5.97 Å². The van der Waals surface area contributed by atoms with E-state index in [2.05, 4.69) is 5.32 Å². The molecule has 0 unspecified atom stereocenters. The van der Waals surface area contributed by atoms with Gasteiger partial charge in [0.2, 0.25) is 5.91 Å². The normalized spacial score (nSPS) is 11.3. The number of aliphatic carboxylic acids is 1. The van der Waals surface area contributed by atoms with Gasteiger partial charge in [0.25, 0.3) is 0 Å². The maximum atomic E-state index is 11.0. The first kappa shape index (κ1) is 13.9. The van der Waals surface area contributed by atoms with Gasteiger partial charge in [-0.15, -0.1) is 0 Å². The van der Waals surface area contributed by atoms with Crippen molar-refractivity contribution in [2.24, 2.45) is 0 Å². The Morgan fingerprint density at radius 1 is 1.47 bits per heavy atom. The average molecular weight is 231 g/mol. The van der Waals surface area contributed by atoms with Gasteiger partial charge in [0.15, 0.2) is 9.76 Å². The molecule has 0 aliphatic heterocycles. The van der Waals surface area contributed by atoms with Crippen molar-refractivity contribution in [3.63, 3.8) is 0 Å². The molecule has 0 atom stereocenters. The lowest BCUT2D eigenvalue weighted by molar-refractivity contribution is -0.131. The minimum absolute atomic E-state index is 0.365. The highest BCUT2D eigenvalue weighted by Crippen LogP contribution is 1.87. The lowest BCUT2D eigenvalue weighted by Crippen LogP contribution is -2.22. The van der Waals surface area contributed by atoms with Crippen LogP contribution < -0.4 is 5.32 Å². The molecule has 5 nitrogen and oxygen atoms in total. The number of carboxylic acid groups (broad SMARTS) is 1. The molecule has 6 heteroatoms. The molecular weight excluding hydrogens is 214 g/mol. The van der Waals surface area contributed by atoms with Crippen LogP contribution in [0.25, 0.3) is 0 Å². The summed E-state index contributed by atoms with van der Waals surface area (Å²) < 4.78 is 5.25. The third-order valence-corrected chi connectivity index (χ3v) is 3.08. The molecule has 2 N–H and O–H groups in total. The van der Waals surface area contributed by atoms with E-state index in [1.54, 1.807) is 0 Å².